The zero-order valence-corrected chi connectivity index (χ0v) is 17.2. The van der Waals surface area contributed by atoms with Gasteiger partial charge in [0.05, 0.1) is 22.3 Å². The molecule has 2 N–H and O–H groups in total. The lowest BCUT2D eigenvalue weighted by molar-refractivity contribution is 0.102. The predicted molar refractivity (Wildman–Crippen MR) is 122 cm³/mol. The zero-order chi connectivity index (χ0) is 21.0. The summed E-state index contributed by atoms with van der Waals surface area (Å²) in [5, 5.41) is 3.96. The Morgan fingerprint density at radius 1 is 1.00 bits per heavy atom. The van der Waals surface area contributed by atoms with Gasteiger partial charge in [0.25, 0.3) is 5.91 Å². The Morgan fingerprint density at radius 2 is 1.84 bits per heavy atom. The van der Waals surface area contributed by atoms with Crippen molar-refractivity contribution >= 4 is 28.3 Å². The van der Waals surface area contributed by atoms with E-state index < -0.39 is 0 Å². The number of carbonyl (C=O) groups excluding carboxylic acids is 1. The van der Waals surface area contributed by atoms with Gasteiger partial charge in [-0.3, -0.25) is 14.7 Å². The van der Waals surface area contributed by atoms with Crippen LogP contribution in [0.3, 0.4) is 0 Å². The molecule has 31 heavy (non-hydrogen) atoms. The number of fused-ring (bicyclic) bond motifs is 1. The van der Waals surface area contributed by atoms with E-state index in [-0.39, 0.29) is 5.91 Å². The lowest BCUT2D eigenvalue weighted by Gasteiger charge is -2.36. The second-order valence-corrected chi connectivity index (χ2v) is 7.70. The molecule has 0 radical (unpaired) electrons. The Labute approximate surface area is 180 Å². The maximum Gasteiger partial charge on any atom is 0.257 e. The summed E-state index contributed by atoms with van der Waals surface area (Å²) < 4.78 is 0. The molecular formula is C24H24N6O. The van der Waals surface area contributed by atoms with E-state index >= 15 is 0 Å². The van der Waals surface area contributed by atoms with Gasteiger partial charge in [-0.05, 0) is 23.8 Å². The second-order valence-electron chi connectivity index (χ2n) is 7.70. The molecule has 0 aliphatic carbocycles. The van der Waals surface area contributed by atoms with Gasteiger partial charge >= 0.3 is 0 Å². The van der Waals surface area contributed by atoms with Crippen LogP contribution in [0.4, 0.5) is 11.4 Å². The number of H-pyrrole nitrogens is 1. The molecule has 0 atom stereocenters. The van der Waals surface area contributed by atoms with Crippen LogP contribution in [-0.4, -0.2) is 51.9 Å². The van der Waals surface area contributed by atoms with Crippen molar-refractivity contribution in [2.75, 3.05) is 36.4 Å². The van der Waals surface area contributed by atoms with Gasteiger partial charge in [-0.1, -0.05) is 30.3 Å². The van der Waals surface area contributed by atoms with Gasteiger partial charge in [0, 0.05) is 57.5 Å². The fourth-order valence-electron chi connectivity index (χ4n) is 4.08. The highest BCUT2D eigenvalue weighted by atomic mass is 16.1. The molecule has 4 aromatic rings. The molecule has 1 aliphatic heterocycles. The number of pyridine rings is 2. The van der Waals surface area contributed by atoms with Crippen LogP contribution in [0.25, 0.3) is 11.0 Å². The van der Waals surface area contributed by atoms with E-state index in [9.17, 15) is 4.79 Å². The molecule has 156 valence electrons. The number of rotatable bonds is 5. The van der Waals surface area contributed by atoms with Crippen molar-refractivity contribution < 1.29 is 4.79 Å². The number of hydrogen-bond acceptors (Lipinski definition) is 5. The topological polar surface area (TPSA) is 77.2 Å². The van der Waals surface area contributed by atoms with Crippen molar-refractivity contribution in [3.05, 3.63) is 84.4 Å². The van der Waals surface area contributed by atoms with Gasteiger partial charge in [0.1, 0.15) is 5.65 Å². The van der Waals surface area contributed by atoms with Gasteiger partial charge in [-0.15, -0.1) is 0 Å². The molecule has 7 nitrogen and oxygen atoms in total. The molecular weight excluding hydrogens is 388 g/mol. The number of nitrogens with one attached hydrogen (secondary N) is 2. The third kappa shape index (κ3) is 4.13. The van der Waals surface area contributed by atoms with E-state index in [0.717, 1.165) is 55.1 Å². The molecule has 0 spiro atoms. The summed E-state index contributed by atoms with van der Waals surface area (Å²) in [6, 6.07) is 16.1. The van der Waals surface area contributed by atoms with Crippen LogP contribution >= 0.6 is 0 Å². The highest BCUT2D eigenvalue weighted by molar-refractivity contribution is 6.11. The van der Waals surface area contributed by atoms with Gasteiger partial charge in [0.15, 0.2) is 0 Å². The lowest BCUT2D eigenvalue weighted by atomic mass is 10.1. The minimum Gasteiger partial charge on any atom is -0.368 e. The first-order chi connectivity index (χ1) is 15.3. The number of piperazine rings is 1. The van der Waals surface area contributed by atoms with Crippen molar-refractivity contribution in [1.82, 2.24) is 19.9 Å². The van der Waals surface area contributed by atoms with Crippen molar-refractivity contribution in [2.24, 2.45) is 0 Å². The average molecular weight is 412 g/mol. The number of aromatic amines is 1. The van der Waals surface area contributed by atoms with Crippen LogP contribution in [0, 0.1) is 0 Å². The fourth-order valence-corrected chi connectivity index (χ4v) is 4.08. The maximum absolute atomic E-state index is 12.7. The summed E-state index contributed by atoms with van der Waals surface area (Å²) in [5.41, 5.74) is 4.46. The molecule has 4 heterocycles. The number of hydrogen-bond donors (Lipinski definition) is 2. The number of anilines is 2. The van der Waals surface area contributed by atoms with Crippen LogP contribution in [0.1, 0.15) is 15.9 Å². The Balaban J connectivity index is 1.33. The smallest absolute Gasteiger partial charge is 0.257 e. The second kappa shape index (κ2) is 8.57. The Morgan fingerprint density at radius 3 is 2.61 bits per heavy atom. The molecule has 3 aromatic heterocycles. The zero-order valence-electron chi connectivity index (χ0n) is 17.2. The van der Waals surface area contributed by atoms with E-state index in [2.05, 4.69) is 60.4 Å². The first-order valence-corrected chi connectivity index (χ1v) is 10.5. The normalized spacial score (nSPS) is 14.6. The molecule has 1 saturated heterocycles. The molecule has 1 amide bonds. The summed E-state index contributed by atoms with van der Waals surface area (Å²) in [6.45, 7) is 4.79. The minimum atomic E-state index is -0.184. The maximum atomic E-state index is 12.7. The molecule has 0 saturated carbocycles. The van der Waals surface area contributed by atoms with Crippen LogP contribution in [-0.2, 0) is 6.54 Å². The Hall–Kier alpha value is -3.71. The molecule has 5 rings (SSSR count). The largest absolute Gasteiger partial charge is 0.368 e. The van der Waals surface area contributed by atoms with Gasteiger partial charge in [-0.2, -0.15) is 0 Å². The van der Waals surface area contributed by atoms with E-state index in [1.807, 2.05) is 12.3 Å². The van der Waals surface area contributed by atoms with Gasteiger partial charge in [0.2, 0.25) is 0 Å². The highest BCUT2D eigenvalue weighted by Gasteiger charge is 2.21. The molecule has 0 bridgehead atoms. The Kier molecular flexibility index (Phi) is 5.33. The van der Waals surface area contributed by atoms with Crippen molar-refractivity contribution in [1.29, 1.82) is 0 Å². The van der Waals surface area contributed by atoms with Crippen LogP contribution in [0.2, 0.25) is 0 Å². The van der Waals surface area contributed by atoms with Gasteiger partial charge in [-0.25, -0.2) is 4.98 Å². The fraction of sp³-hybridized carbons (Fsp3) is 0.208. The number of amides is 1. The van der Waals surface area contributed by atoms with Gasteiger partial charge < -0.3 is 15.2 Å². The van der Waals surface area contributed by atoms with E-state index in [4.69, 9.17) is 0 Å². The average Bonchev–Trinajstić information content (AvgIpc) is 3.24. The third-order valence-corrected chi connectivity index (χ3v) is 5.69. The summed E-state index contributed by atoms with van der Waals surface area (Å²) >= 11 is 0. The van der Waals surface area contributed by atoms with Crippen molar-refractivity contribution in [3.63, 3.8) is 0 Å². The summed E-state index contributed by atoms with van der Waals surface area (Å²) in [4.78, 5) is 29.2. The Bertz CT molecular complexity index is 1170. The van der Waals surface area contributed by atoms with E-state index in [1.54, 1.807) is 30.7 Å². The molecule has 1 aliphatic rings. The van der Waals surface area contributed by atoms with E-state index in [1.165, 1.54) is 5.56 Å². The quantitative estimate of drug-likeness (QED) is 0.524. The van der Waals surface area contributed by atoms with Crippen LogP contribution < -0.4 is 10.2 Å². The molecule has 1 fully saturated rings. The third-order valence-electron chi connectivity index (χ3n) is 5.69. The molecule has 7 heteroatoms. The number of nitrogens with zero attached hydrogens (tertiary/aromatic N) is 4. The summed E-state index contributed by atoms with van der Waals surface area (Å²) in [5.74, 6) is -0.184. The van der Waals surface area contributed by atoms with Crippen LogP contribution in [0.15, 0.2) is 73.3 Å². The highest BCUT2D eigenvalue weighted by Crippen LogP contribution is 2.32. The number of aromatic nitrogens is 3. The van der Waals surface area contributed by atoms with Crippen molar-refractivity contribution in [2.45, 2.75) is 6.54 Å². The number of benzene rings is 1. The standard InChI is InChI=1S/C24H24N6O/c31-24(19-7-4-9-25-15-19)28-20-16-27-23-22(20)21(8-10-26-23)30-13-11-29(12-14-30)17-18-5-2-1-3-6-18/h1-10,15-16H,11-14,17H2,(H,26,27)(H,28,31). The first-order valence-electron chi connectivity index (χ1n) is 10.5. The SMILES string of the molecule is O=C(Nc1c[nH]c2nccc(N3CCN(Cc4ccccc4)CC3)c12)c1cccnc1. The van der Waals surface area contributed by atoms with Crippen LogP contribution in [0.5, 0.6) is 0 Å². The lowest BCUT2D eigenvalue weighted by Crippen LogP contribution is -2.46. The monoisotopic (exact) mass is 412 g/mol. The molecule has 0 unspecified atom stereocenters. The van der Waals surface area contributed by atoms with Crippen molar-refractivity contribution in [3.8, 4) is 0 Å². The summed E-state index contributed by atoms with van der Waals surface area (Å²) in [7, 11) is 0. The minimum absolute atomic E-state index is 0.184. The first kappa shape index (κ1) is 19.3. The van der Waals surface area contributed by atoms with E-state index in [0.29, 0.717) is 5.56 Å². The molecule has 1 aromatic carbocycles. The summed E-state index contributed by atoms with van der Waals surface area (Å²) in [6.07, 6.45) is 6.84. The number of carbonyl (C=O) groups is 1. The predicted octanol–water partition coefficient (Wildman–Crippen LogP) is 3.53.